The maximum Gasteiger partial charge on any atom is 0.250 e. The van der Waals surface area contributed by atoms with Crippen LogP contribution in [0.25, 0.3) is 0 Å². The highest BCUT2D eigenvalue weighted by atomic mass is 16.1. The van der Waals surface area contributed by atoms with Gasteiger partial charge in [0.15, 0.2) is 0 Å². The largest absolute Gasteiger partial charge is 0.319 e. The van der Waals surface area contributed by atoms with Gasteiger partial charge in [-0.3, -0.25) is 4.79 Å². The molecule has 0 unspecified atom stereocenters. The summed E-state index contributed by atoms with van der Waals surface area (Å²) in [5.74, 6) is 0. The molecule has 1 heterocycles. The molecular weight excluding hydrogens is 198 g/mol. The zero-order valence-electron chi connectivity index (χ0n) is 9.60. The molecule has 0 atom stereocenters. The van der Waals surface area contributed by atoms with E-state index in [1.807, 2.05) is 18.3 Å². The van der Waals surface area contributed by atoms with E-state index in [-0.39, 0.29) is 5.56 Å². The molecule has 0 fully saturated rings. The number of benzene rings is 1. The molecule has 1 aromatic heterocycles. The maximum atomic E-state index is 11.5. The molecule has 0 aliphatic rings. The first-order valence-electron chi connectivity index (χ1n) is 5.36. The minimum absolute atomic E-state index is 0.0464. The van der Waals surface area contributed by atoms with Gasteiger partial charge in [0.2, 0.25) is 0 Å². The van der Waals surface area contributed by atoms with E-state index in [2.05, 4.69) is 25.1 Å². The van der Waals surface area contributed by atoms with Gasteiger partial charge in [-0.2, -0.15) is 0 Å². The van der Waals surface area contributed by atoms with E-state index in [0.717, 1.165) is 12.0 Å². The van der Waals surface area contributed by atoms with Crippen molar-refractivity contribution in [2.75, 3.05) is 0 Å². The number of hydrogen-bond acceptors (Lipinski definition) is 1. The minimum atomic E-state index is 0.0464. The van der Waals surface area contributed by atoms with Gasteiger partial charge in [-0.15, -0.1) is 0 Å². The summed E-state index contributed by atoms with van der Waals surface area (Å²) in [7, 11) is 1.76. The smallest absolute Gasteiger partial charge is 0.250 e. The van der Waals surface area contributed by atoms with Crippen LogP contribution in [-0.4, -0.2) is 4.57 Å². The van der Waals surface area contributed by atoms with Gasteiger partial charge in [0.1, 0.15) is 0 Å². The molecule has 0 radical (unpaired) electrons. The monoisotopic (exact) mass is 213 g/mol. The fourth-order valence-electron chi connectivity index (χ4n) is 1.76. The van der Waals surface area contributed by atoms with Crippen LogP contribution in [0.15, 0.2) is 47.4 Å². The number of nitrogens with zero attached hydrogens (tertiary/aromatic N) is 1. The highest BCUT2D eigenvalue weighted by molar-refractivity contribution is 5.28. The lowest BCUT2D eigenvalue weighted by atomic mass is 10.0. The molecule has 0 saturated heterocycles. The van der Waals surface area contributed by atoms with Gasteiger partial charge in [0.25, 0.3) is 5.56 Å². The van der Waals surface area contributed by atoms with Crippen molar-refractivity contribution < 1.29 is 0 Å². The molecule has 0 spiro atoms. The summed E-state index contributed by atoms with van der Waals surface area (Å²) in [5.41, 5.74) is 3.61. The Kier molecular flexibility index (Phi) is 2.91. The fraction of sp³-hybridized carbons (Fsp3) is 0.214. The number of aryl methyl sites for hydroxylation is 2. The van der Waals surface area contributed by atoms with E-state index in [4.69, 9.17) is 0 Å². The lowest BCUT2D eigenvalue weighted by Gasteiger charge is -2.04. The standard InChI is InChI=1S/C14H15NO/c1-11-4-3-5-12(8-11)9-13-6-7-15(2)14(16)10-13/h3-8,10H,9H2,1-2H3. The molecule has 0 aliphatic carbocycles. The third-order valence-corrected chi connectivity index (χ3v) is 2.66. The van der Waals surface area contributed by atoms with E-state index in [9.17, 15) is 4.79 Å². The van der Waals surface area contributed by atoms with Gasteiger partial charge in [-0.25, -0.2) is 0 Å². The van der Waals surface area contributed by atoms with Crippen LogP contribution in [0.3, 0.4) is 0 Å². The Morgan fingerprint density at radius 1 is 1.12 bits per heavy atom. The van der Waals surface area contributed by atoms with Gasteiger partial charge >= 0.3 is 0 Å². The second-order valence-electron chi connectivity index (χ2n) is 4.15. The van der Waals surface area contributed by atoms with E-state index in [1.165, 1.54) is 11.1 Å². The Morgan fingerprint density at radius 3 is 2.56 bits per heavy atom. The lowest BCUT2D eigenvalue weighted by Crippen LogP contribution is -2.15. The van der Waals surface area contributed by atoms with Crippen LogP contribution in [0.2, 0.25) is 0 Å². The quantitative estimate of drug-likeness (QED) is 0.750. The number of pyridine rings is 1. The molecule has 2 nitrogen and oxygen atoms in total. The number of hydrogen-bond donors (Lipinski definition) is 0. The van der Waals surface area contributed by atoms with Crippen LogP contribution < -0.4 is 5.56 Å². The Morgan fingerprint density at radius 2 is 1.88 bits per heavy atom. The summed E-state index contributed by atoms with van der Waals surface area (Å²) >= 11 is 0. The van der Waals surface area contributed by atoms with Crippen molar-refractivity contribution in [3.63, 3.8) is 0 Å². The minimum Gasteiger partial charge on any atom is -0.319 e. The second kappa shape index (κ2) is 4.35. The van der Waals surface area contributed by atoms with Crippen molar-refractivity contribution in [2.45, 2.75) is 13.3 Å². The van der Waals surface area contributed by atoms with Crippen molar-refractivity contribution in [2.24, 2.45) is 7.05 Å². The van der Waals surface area contributed by atoms with E-state index in [1.54, 1.807) is 17.7 Å². The molecule has 0 amide bonds. The number of aromatic nitrogens is 1. The van der Waals surface area contributed by atoms with E-state index < -0.39 is 0 Å². The topological polar surface area (TPSA) is 22.0 Å². The van der Waals surface area contributed by atoms with Gasteiger partial charge in [-0.05, 0) is 30.5 Å². The van der Waals surface area contributed by atoms with Gasteiger partial charge in [0, 0.05) is 19.3 Å². The molecule has 2 rings (SSSR count). The molecular formula is C14H15NO. The third-order valence-electron chi connectivity index (χ3n) is 2.66. The van der Waals surface area contributed by atoms with Gasteiger partial charge in [0.05, 0.1) is 0 Å². The Balaban J connectivity index is 2.27. The third kappa shape index (κ3) is 2.40. The second-order valence-corrected chi connectivity index (χ2v) is 4.15. The fourth-order valence-corrected chi connectivity index (χ4v) is 1.76. The molecule has 0 aliphatic heterocycles. The summed E-state index contributed by atoms with van der Waals surface area (Å²) in [6.45, 7) is 2.08. The first kappa shape index (κ1) is 10.7. The SMILES string of the molecule is Cc1cccc(Cc2ccn(C)c(=O)c2)c1. The van der Waals surface area contributed by atoms with Gasteiger partial charge in [-0.1, -0.05) is 29.8 Å². The van der Waals surface area contributed by atoms with Crippen LogP contribution in [0.4, 0.5) is 0 Å². The summed E-state index contributed by atoms with van der Waals surface area (Å²) in [4.78, 5) is 11.5. The summed E-state index contributed by atoms with van der Waals surface area (Å²) in [6.07, 6.45) is 2.63. The van der Waals surface area contributed by atoms with Crippen LogP contribution in [0.5, 0.6) is 0 Å². The molecule has 0 N–H and O–H groups in total. The first-order chi connectivity index (χ1) is 7.65. The average molecular weight is 213 g/mol. The van der Waals surface area contributed by atoms with Crippen molar-refractivity contribution in [3.8, 4) is 0 Å². The molecule has 0 saturated carbocycles. The van der Waals surface area contributed by atoms with Crippen LogP contribution in [0.1, 0.15) is 16.7 Å². The maximum absolute atomic E-state index is 11.5. The van der Waals surface area contributed by atoms with Crippen LogP contribution in [0, 0.1) is 6.92 Å². The summed E-state index contributed by atoms with van der Waals surface area (Å²) < 4.78 is 1.58. The van der Waals surface area contributed by atoms with Crippen molar-refractivity contribution in [3.05, 3.63) is 69.6 Å². The van der Waals surface area contributed by atoms with Crippen molar-refractivity contribution >= 4 is 0 Å². The van der Waals surface area contributed by atoms with Crippen LogP contribution in [-0.2, 0) is 13.5 Å². The Bertz CT molecular complexity index is 555. The normalized spacial score (nSPS) is 10.4. The molecule has 82 valence electrons. The molecule has 2 heteroatoms. The van der Waals surface area contributed by atoms with E-state index >= 15 is 0 Å². The molecule has 0 bridgehead atoms. The zero-order chi connectivity index (χ0) is 11.5. The number of rotatable bonds is 2. The average Bonchev–Trinajstić information content (AvgIpc) is 2.24. The zero-order valence-corrected chi connectivity index (χ0v) is 9.60. The summed E-state index contributed by atoms with van der Waals surface area (Å²) in [6, 6.07) is 12.0. The molecule has 16 heavy (non-hydrogen) atoms. The lowest BCUT2D eigenvalue weighted by molar-refractivity contribution is 0.852. The van der Waals surface area contributed by atoms with Crippen LogP contribution >= 0.6 is 0 Å². The summed E-state index contributed by atoms with van der Waals surface area (Å²) in [5, 5.41) is 0. The van der Waals surface area contributed by atoms with Gasteiger partial charge < -0.3 is 4.57 Å². The highest BCUT2D eigenvalue weighted by Crippen LogP contribution is 2.09. The molecule has 1 aromatic carbocycles. The van der Waals surface area contributed by atoms with E-state index in [0.29, 0.717) is 0 Å². The predicted molar refractivity (Wildman–Crippen MR) is 65.7 cm³/mol. The highest BCUT2D eigenvalue weighted by Gasteiger charge is 1.98. The predicted octanol–water partition coefficient (Wildman–Crippen LogP) is 2.28. The first-order valence-corrected chi connectivity index (χ1v) is 5.36. The van der Waals surface area contributed by atoms with Crippen molar-refractivity contribution in [1.82, 2.24) is 4.57 Å². The Hall–Kier alpha value is -1.83. The molecule has 2 aromatic rings. The van der Waals surface area contributed by atoms with Crippen molar-refractivity contribution in [1.29, 1.82) is 0 Å². The Labute approximate surface area is 95.2 Å².